The molecule has 5 aromatic heterocycles. The number of amides is 2. The minimum Gasteiger partial charge on any atom is -0.346 e. The Morgan fingerprint density at radius 3 is 2.48 bits per heavy atom. The van der Waals surface area contributed by atoms with Gasteiger partial charge in [-0.05, 0) is 68.8 Å². The van der Waals surface area contributed by atoms with Crippen LogP contribution < -0.4 is 10.6 Å². The number of nitrogens with zero attached hydrogens (tertiary/aromatic N) is 9. The first kappa shape index (κ1) is 28.7. The fourth-order valence-electron chi connectivity index (χ4n) is 4.07. The summed E-state index contributed by atoms with van der Waals surface area (Å²) in [5, 5.41) is 24.2. The Morgan fingerprint density at radius 1 is 1.05 bits per heavy atom. The molecule has 0 saturated heterocycles. The second kappa shape index (κ2) is 10.5. The van der Waals surface area contributed by atoms with E-state index in [0.29, 0.717) is 15.9 Å². The van der Waals surface area contributed by atoms with Crippen LogP contribution in [0.25, 0.3) is 11.3 Å². The number of rotatable bonds is 6. The average molecular weight is 602 g/mol. The smallest absolute Gasteiger partial charge is 0.346 e. The van der Waals surface area contributed by atoms with Gasteiger partial charge in [0.25, 0.3) is 17.6 Å². The van der Waals surface area contributed by atoms with Gasteiger partial charge in [-0.15, -0.1) is 10.2 Å². The zero-order valence-electron chi connectivity index (χ0n) is 22.6. The van der Waals surface area contributed by atoms with Crippen molar-refractivity contribution >= 4 is 34.6 Å². The number of hydrogen-bond donors (Lipinski definition) is 2. The van der Waals surface area contributed by atoms with Crippen LogP contribution >= 0.6 is 11.6 Å². The number of anilines is 1. The fraction of sp³-hybridized carbons (Fsp3) is 0.280. The highest BCUT2D eigenvalue weighted by Gasteiger charge is 2.37. The molecule has 0 aliphatic heterocycles. The molecule has 5 aromatic rings. The lowest BCUT2D eigenvalue weighted by atomic mass is 10.1. The van der Waals surface area contributed by atoms with Gasteiger partial charge in [-0.2, -0.15) is 28.2 Å². The van der Waals surface area contributed by atoms with Crippen LogP contribution in [0.3, 0.4) is 0 Å². The standard InChI is InChI=1S/C25H23ClF3N11O2/c1-13-10-15-7-9-31-39(15)19(22(42)33-24(2,3)4)18(13)32-21(41)17-11-14(12-38-36-23(34-37-38)25(27,28)29)35-40(17)20-16(26)6-5-8-30-20/h5-11H,12H2,1-4H3,(H,32,41)(H,33,42). The molecule has 0 aromatic carbocycles. The molecule has 13 nitrogen and oxygen atoms in total. The van der Waals surface area contributed by atoms with Crippen LogP contribution in [-0.4, -0.2) is 61.9 Å². The predicted molar refractivity (Wildman–Crippen MR) is 143 cm³/mol. The molecule has 42 heavy (non-hydrogen) atoms. The molecule has 0 atom stereocenters. The van der Waals surface area contributed by atoms with E-state index in [1.165, 1.54) is 29.0 Å². The number of tetrazole rings is 1. The van der Waals surface area contributed by atoms with Crippen LogP contribution in [-0.2, 0) is 12.7 Å². The van der Waals surface area contributed by atoms with Crippen LogP contribution in [0.4, 0.5) is 18.9 Å². The maximum Gasteiger partial charge on any atom is 0.455 e. The highest BCUT2D eigenvalue weighted by Crippen LogP contribution is 2.27. The van der Waals surface area contributed by atoms with Crippen molar-refractivity contribution in [2.45, 2.75) is 46.0 Å². The normalized spacial score (nSPS) is 12.1. The van der Waals surface area contributed by atoms with E-state index in [-0.39, 0.29) is 40.2 Å². The molecule has 5 heterocycles. The molecule has 0 unspecified atom stereocenters. The molecule has 0 spiro atoms. The van der Waals surface area contributed by atoms with E-state index in [9.17, 15) is 22.8 Å². The molecular formula is C25H23ClF3N11O2. The van der Waals surface area contributed by atoms with Crippen LogP contribution in [0, 0.1) is 6.92 Å². The lowest BCUT2D eigenvalue weighted by Crippen LogP contribution is -2.42. The maximum atomic E-state index is 13.8. The molecule has 0 radical (unpaired) electrons. The Hall–Kier alpha value is -4.86. The van der Waals surface area contributed by atoms with Gasteiger partial charge in [-0.3, -0.25) is 9.59 Å². The molecule has 0 aliphatic carbocycles. The Morgan fingerprint density at radius 2 is 1.81 bits per heavy atom. The molecule has 0 saturated carbocycles. The number of nitrogens with one attached hydrogen (secondary N) is 2. The largest absolute Gasteiger partial charge is 0.455 e. The van der Waals surface area contributed by atoms with Gasteiger partial charge in [0.1, 0.15) is 12.2 Å². The molecule has 5 rings (SSSR count). The monoisotopic (exact) mass is 601 g/mol. The zero-order valence-corrected chi connectivity index (χ0v) is 23.4. The number of pyridine rings is 2. The van der Waals surface area contributed by atoms with E-state index in [2.05, 4.69) is 41.2 Å². The number of fused-ring (bicyclic) bond motifs is 1. The quantitative estimate of drug-likeness (QED) is 0.299. The number of halogens is 4. The molecule has 0 fully saturated rings. The zero-order chi connectivity index (χ0) is 30.4. The topological polar surface area (TPSA) is 150 Å². The molecule has 0 bridgehead atoms. The van der Waals surface area contributed by atoms with Gasteiger partial charge in [0.15, 0.2) is 11.5 Å². The summed E-state index contributed by atoms with van der Waals surface area (Å²) in [5.74, 6) is -2.52. The van der Waals surface area contributed by atoms with Gasteiger partial charge in [-0.1, -0.05) is 11.6 Å². The van der Waals surface area contributed by atoms with Crippen molar-refractivity contribution in [2.24, 2.45) is 0 Å². The van der Waals surface area contributed by atoms with E-state index < -0.39 is 29.4 Å². The first-order valence-electron chi connectivity index (χ1n) is 12.4. The number of aromatic nitrogens is 9. The van der Waals surface area contributed by atoms with Gasteiger partial charge >= 0.3 is 6.18 Å². The fourth-order valence-corrected chi connectivity index (χ4v) is 4.28. The maximum absolute atomic E-state index is 13.8. The van der Waals surface area contributed by atoms with Gasteiger partial charge in [0.2, 0.25) is 0 Å². The number of carbonyl (C=O) groups excluding carboxylic acids is 2. The first-order chi connectivity index (χ1) is 19.7. The van der Waals surface area contributed by atoms with Crippen molar-refractivity contribution in [3.8, 4) is 5.82 Å². The SMILES string of the molecule is Cc1cc2ccnn2c(C(=O)NC(C)(C)C)c1NC(=O)c1cc(Cn2nnc(C(F)(F)F)n2)nn1-c1ncccc1Cl. The summed E-state index contributed by atoms with van der Waals surface area (Å²) < 4.78 is 41.5. The van der Waals surface area contributed by atoms with Gasteiger partial charge in [0.05, 0.1) is 28.1 Å². The summed E-state index contributed by atoms with van der Waals surface area (Å²) in [5.41, 5.74) is 0.923. The molecule has 2 amide bonds. The average Bonchev–Trinajstić information content (AvgIpc) is 3.63. The minimum atomic E-state index is -4.78. The lowest BCUT2D eigenvalue weighted by molar-refractivity contribution is -0.145. The molecule has 218 valence electrons. The summed E-state index contributed by atoms with van der Waals surface area (Å²) in [6.07, 6.45) is -1.82. The summed E-state index contributed by atoms with van der Waals surface area (Å²) in [6, 6.07) is 7.92. The van der Waals surface area contributed by atoms with Crippen molar-refractivity contribution in [1.82, 2.24) is 49.9 Å². The second-order valence-electron chi connectivity index (χ2n) is 10.3. The molecule has 17 heteroatoms. The van der Waals surface area contributed by atoms with Crippen LogP contribution in [0.1, 0.15) is 58.8 Å². The van der Waals surface area contributed by atoms with E-state index >= 15 is 0 Å². The van der Waals surface area contributed by atoms with E-state index in [1.54, 1.807) is 25.1 Å². The third-order valence-electron chi connectivity index (χ3n) is 5.76. The third kappa shape index (κ3) is 5.79. The van der Waals surface area contributed by atoms with E-state index in [0.717, 1.165) is 4.68 Å². The summed E-state index contributed by atoms with van der Waals surface area (Å²) in [7, 11) is 0. The van der Waals surface area contributed by atoms with Crippen LogP contribution in [0.5, 0.6) is 0 Å². The van der Waals surface area contributed by atoms with E-state index in [4.69, 9.17) is 11.6 Å². The van der Waals surface area contributed by atoms with Gasteiger partial charge in [0, 0.05) is 11.7 Å². The summed E-state index contributed by atoms with van der Waals surface area (Å²) in [4.78, 5) is 32.1. The van der Waals surface area contributed by atoms with Crippen molar-refractivity contribution in [2.75, 3.05) is 5.32 Å². The Bertz CT molecular complexity index is 1820. The Kier molecular flexibility index (Phi) is 7.18. The predicted octanol–water partition coefficient (Wildman–Crippen LogP) is 3.71. The van der Waals surface area contributed by atoms with Crippen molar-refractivity contribution in [3.05, 3.63) is 76.2 Å². The van der Waals surface area contributed by atoms with Gasteiger partial charge in [-0.25, -0.2) is 14.2 Å². The Labute approximate surface area is 240 Å². The number of aryl methyl sites for hydroxylation is 1. The van der Waals surface area contributed by atoms with Crippen molar-refractivity contribution < 1.29 is 22.8 Å². The van der Waals surface area contributed by atoms with Crippen molar-refractivity contribution in [1.29, 1.82) is 0 Å². The van der Waals surface area contributed by atoms with Crippen LogP contribution in [0.15, 0.2) is 42.7 Å². The minimum absolute atomic E-state index is 0.0797. The highest BCUT2D eigenvalue weighted by molar-refractivity contribution is 6.32. The van der Waals surface area contributed by atoms with E-state index in [1.807, 2.05) is 20.8 Å². The summed E-state index contributed by atoms with van der Waals surface area (Å²) in [6.45, 7) is 6.83. The number of alkyl halides is 3. The second-order valence-corrected chi connectivity index (χ2v) is 10.7. The Balaban J connectivity index is 1.57. The molecular weight excluding hydrogens is 579 g/mol. The first-order valence-corrected chi connectivity index (χ1v) is 12.7. The molecule has 2 N–H and O–H groups in total. The number of hydrogen-bond acceptors (Lipinski definition) is 8. The highest BCUT2D eigenvalue weighted by atomic mass is 35.5. The summed E-state index contributed by atoms with van der Waals surface area (Å²) >= 11 is 6.34. The molecule has 0 aliphatic rings. The third-order valence-corrected chi connectivity index (χ3v) is 6.06. The van der Waals surface area contributed by atoms with Crippen LogP contribution in [0.2, 0.25) is 5.02 Å². The lowest BCUT2D eigenvalue weighted by Gasteiger charge is -2.22. The number of carbonyl (C=O) groups is 2. The van der Waals surface area contributed by atoms with Crippen molar-refractivity contribution in [3.63, 3.8) is 0 Å². The van der Waals surface area contributed by atoms with Gasteiger partial charge < -0.3 is 10.6 Å².